The van der Waals surface area contributed by atoms with E-state index in [1.807, 2.05) is 111 Å². The number of hydrogen-bond acceptors (Lipinski definition) is 2. The van der Waals surface area contributed by atoms with Crippen LogP contribution in [0.15, 0.2) is 95.1 Å². The van der Waals surface area contributed by atoms with Gasteiger partial charge in [0.05, 0.1) is 7.05 Å². The molecule has 0 spiro atoms. The fraction of sp³-hybridized carbons (Fsp3) is 0.143. The third-order valence-corrected chi connectivity index (χ3v) is 16.3. The molecule has 0 saturated carbocycles. The van der Waals surface area contributed by atoms with Crippen molar-refractivity contribution in [3.8, 4) is 0 Å². The summed E-state index contributed by atoms with van der Waals surface area (Å²) in [6.45, 7) is 5.50. The highest BCUT2D eigenvalue weighted by Crippen LogP contribution is 2.48. The van der Waals surface area contributed by atoms with Crippen molar-refractivity contribution in [1.29, 1.82) is 0 Å². The minimum atomic E-state index is -3.59. The molecule has 0 radical (unpaired) electrons. The molecule has 0 aliphatic heterocycles. The molecular formula is C21H24NO2PSSi. The standard InChI is InChI=1S/C21H24NO2PSSi/c1-27(2,3)26(23,24)22-25(19-13-7-4-8-14-19,20-15-9-5-10-16-20)21-17-11-6-12-18-21/h4-18H,1-3H3. The Hall–Kier alpha value is -1.94. The van der Waals surface area contributed by atoms with Gasteiger partial charge in [0, 0.05) is 15.9 Å². The maximum atomic E-state index is 13.3. The second-order valence-corrected chi connectivity index (χ2v) is 21.2. The zero-order chi connectivity index (χ0) is 19.5. The van der Waals surface area contributed by atoms with E-state index in [1.165, 1.54) is 0 Å². The molecule has 0 bridgehead atoms. The number of nitrogens with zero attached hydrogens (tertiary/aromatic N) is 1. The van der Waals surface area contributed by atoms with Crippen LogP contribution in [0.2, 0.25) is 19.6 Å². The monoisotopic (exact) mass is 413 g/mol. The summed E-state index contributed by atoms with van der Waals surface area (Å²) in [5, 5.41) is 2.85. The summed E-state index contributed by atoms with van der Waals surface area (Å²) >= 11 is 0. The fourth-order valence-electron chi connectivity index (χ4n) is 2.80. The molecule has 0 aliphatic carbocycles. The summed E-state index contributed by atoms with van der Waals surface area (Å²) in [6.07, 6.45) is 0. The van der Waals surface area contributed by atoms with E-state index in [9.17, 15) is 8.42 Å². The molecule has 0 amide bonds. The van der Waals surface area contributed by atoms with Gasteiger partial charge in [0.15, 0.2) is 0 Å². The van der Waals surface area contributed by atoms with Crippen LogP contribution in [0.1, 0.15) is 0 Å². The van der Waals surface area contributed by atoms with E-state index < -0.39 is 23.8 Å². The van der Waals surface area contributed by atoms with E-state index >= 15 is 0 Å². The van der Waals surface area contributed by atoms with Gasteiger partial charge in [-0.25, -0.2) is 8.42 Å². The second kappa shape index (κ2) is 7.59. The van der Waals surface area contributed by atoms with Gasteiger partial charge in [-0.15, -0.1) is 0 Å². The Balaban J connectivity index is 2.53. The molecule has 0 saturated heterocycles. The Morgan fingerprint density at radius 2 is 0.926 bits per heavy atom. The minimum absolute atomic E-state index is 0.948. The van der Waals surface area contributed by atoms with Crippen molar-refractivity contribution < 1.29 is 8.42 Å². The number of benzene rings is 3. The molecule has 0 atom stereocenters. The van der Waals surface area contributed by atoms with Crippen LogP contribution in [0.25, 0.3) is 0 Å². The van der Waals surface area contributed by atoms with Crippen molar-refractivity contribution in [3.05, 3.63) is 91.0 Å². The molecule has 6 heteroatoms. The van der Waals surface area contributed by atoms with E-state index in [4.69, 9.17) is 4.15 Å². The van der Waals surface area contributed by atoms with E-state index in [2.05, 4.69) is 0 Å². The lowest BCUT2D eigenvalue weighted by molar-refractivity contribution is 0.609. The maximum absolute atomic E-state index is 13.3. The van der Waals surface area contributed by atoms with E-state index in [1.54, 1.807) is 0 Å². The fourth-order valence-corrected chi connectivity index (χ4v) is 12.2. The minimum Gasteiger partial charge on any atom is -0.213 e. The summed E-state index contributed by atoms with van der Waals surface area (Å²) in [7, 11) is -8.85. The van der Waals surface area contributed by atoms with Crippen molar-refractivity contribution >= 4 is 39.7 Å². The number of hydrogen-bond donors (Lipinski definition) is 0. The van der Waals surface area contributed by atoms with Gasteiger partial charge in [0.1, 0.15) is 0 Å². The molecule has 3 aromatic carbocycles. The average Bonchev–Trinajstić information content (AvgIpc) is 2.67. The van der Waals surface area contributed by atoms with Crippen LogP contribution >= 0.6 is 7.05 Å². The Kier molecular flexibility index (Phi) is 5.57. The molecule has 0 N–H and O–H groups in total. The first kappa shape index (κ1) is 19.8. The maximum Gasteiger partial charge on any atom is 0.216 e. The van der Waals surface area contributed by atoms with Crippen molar-refractivity contribution in [1.82, 2.24) is 0 Å². The first-order chi connectivity index (χ1) is 12.8. The van der Waals surface area contributed by atoms with Crippen molar-refractivity contribution in [2.24, 2.45) is 4.15 Å². The van der Waals surface area contributed by atoms with Crippen LogP contribution in [-0.2, 0) is 9.47 Å². The van der Waals surface area contributed by atoms with Gasteiger partial charge in [0.25, 0.3) is 0 Å². The largest absolute Gasteiger partial charge is 0.216 e. The Bertz CT molecular complexity index is 958. The normalized spacial score (nSPS) is 12.6. The molecule has 3 nitrogen and oxygen atoms in total. The molecule has 3 aromatic rings. The quantitative estimate of drug-likeness (QED) is 0.462. The molecular weight excluding hydrogens is 389 g/mol. The zero-order valence-corrected chi connectivity index (χ0v) is 18.5. The highest BCUT2D eigenvalue weighted by atomic mass is 32.4. The third-order valence-electron chi connectivity index (χ3n) is 4.39. The third kappa shape index (κ3) is 3.86. The molecule has 27 heavy (non-hydrogen) atoms. The smallest absolute Gasteiger partial charge is 0.213 e. The Labute approximate surface area is 162 Å². The van der Waals surface area contributed by atoms with E-state index in [0.717, 1.165) is 15.9 Å². The van der Waals surface area contributed by atoms with Crippen molar-refractivity contribution in [2.45, 2.75) is 19.6 Å². The van der Waals surface area contributed by atoms with Crippen LogP contribution in [0, 0.1) is 0 Å². The van der Waals surface area contributed by atoms with Crippen LogP contribution in [-0.4, -0.2) is 15.6 Å². The Morgan fingerprint density at radius 3 is 1.19 bits per heavy atom. The Morgan fingerprint density at radius 1 is 0.630 bits per heavy atom. The molecule has 0 unspecified atom stereocenters. The molecule has 0 heterocycles. The van der Waals surface area contributed by atoms with Crippen LogP contribution in [0.3, 0.4) is 0 Å². The summed E-state index contributed by atoms with van der Waals surface area (Å²) in [6, 6.07) is 29.5. The van der Waals surface area contributed by atoms with Gasteiger partial charge >= 0.3 is 0 Å². The summed E-state index contributed by atoms with van der Waals surface area (Å²) in [4.78, 5) is 0. The summed E-state index contributed by atoms with van der Waals surface area (Å²) < 4.78 is 31.4. The lowest BCUT2D eigenvalue weighted by Crippen LogP contribution is -2.34. The van der Waals surface area contributed by atoms with Gasteiger partial charge in [-0.3, -0.25) is 0 Å². The first-order valence-electron chi connectivity index (χ1n) is 8.82. The second-order valence-electron chi connectivity index (χ2n) is 7.31. The summed E-state index contributed by atoms with van der Waals surface area (Å²) in [5.74, 6) is 0. The SMILES string of the molecule is C[Si](C)(C)S(=O)(=O)N=P(c1ccccc1)(c1ccccc1)c1ccccc1. The van der Waals surface area contributed by atoms with Gasteiger partial charge in [0.2, 0.25) is 16.7 Å². The van der Waals surface area contributed by atoms with Gasteiger partial charge in [-0.1, -0.05) is 111 Å². The first-order valence-corrected chi connectivity index (χ1v) is 16.2. The predicted molar refractivity (Wildman–Crippen MR) is 120 cm³/mol. The molecule has 0 aromatic heterocycles. The molecule has 3 rings (SSSR count). The van der Waals surface area contributed by atoms with Crippen LogP contribution in [0.5, 0.6) is 0 Å². The highest BCUT2D eigenvalue weighted by molar-refractivity contribution is 8.23. The zero-order valence-electron chi connectivity index (χ0n) is 15.8. The summed E-state index contributed by atoms with van der Waals surface area (Å²) in [5.41, 5.74) is 0. The lowest BCUT2D eigenvalue weighted by atomic mass is 10.4. The number of rotatable bonds is 5. The van der Waals surface area contributed by atoms with E-state index in [-0.39, 0.29) is 0 Å². The van der Waals surface area contributed by atoms with Gasteiger partial charge < -0.3 is 0 Å². The van der Waals surface area contributed by atoms with E-state index in [0.29, 0.717) is 0 Å². The van der Waals surface area contributed by atoms with Crippen molar-refractivity contribution in [3.63, 3.8) is 0 Å². The molecule has 0 aliphatic rings. The molecule has 140 valence electrons. The highest BCUT2D eigenvalue weighted by Gasteiger charge is 2.37. The van der Waals surface area contributed by atoms with Crippen LogP contribution in [0.4, 0.5) is 0 Å². The molecule has 0 fully saturated rings. The van der Waals surface area contributed by atoms with Crippen LogP contribution < -0.4 is 15.9 Å². The predicted octanol–water partition coefficient (Wildman–Crippen LogP) is 4.33. The lowest BCUT2D eigenvalue weighted by Gasteiger charge is -2.28. The average molecular weight is 414 g/mol. The van der Waals surface area contributed by atoms with Crippen molar-refractivity contribution in [2.75, 3.05) is 0 Å². The topological polar surface area (TPSA) is 46.5 Å². The van der Waals surface area contributed by atoms with Gasteiger partial charge in [-0.05, 0) is 0 Å². The van der Waals surface area contributed by atoms with Gasteiger partial charge in [-0.2, -0.15) is 4.15 Å².